The number of hydrogen-bond acceptors (Lipinski definition) is 6. The number of nitrogens with zero attached hydrogens (tertiary/aromatic N) is 1. The summed E-state index contributed by atoms with van der Waals surface area (Å²) in [5.74, 6) is -0.186. The second kappa shape index (κ2) is 8.89. The number of nitrogens with one attached hydrogen (secondary N) is 2. The average Bonchev–Trinajstić information content (AvgIpc) is 3.03. The lowest BCUT2D eigenvalue weighted by Crippen LogP contribution is -2.49. The lowest BCUT2D eigenvalue weighted by atomic mass is 9.83. The minimum atomic E-state index is -3.30. The minimum absolute atomic E-state index is 0.0223. The number of carbonyl (C=O) groups excluding carboxylic acids is 1. The topological polar surface area (TPSA) is 97.4 Å². The highest BCUT2D eigenvalue weighted by Gasteiger charge is 2.35. The largest absolute Gasteiger partial charge is 0.377 e. The molecule has 136 valence electrons. The van der Waals surface area contributed by atoms with E-state index in [2.05, 4.69) is 15.0 Å². The number of hydrogen-bond donors (Lipinski definition) is 2. The van der Waals surface area contributed by atoms with Crippen LogP contribution in [0.2, 0.25) is 0 Å². The quantitative estimate of drug-likeness (QED) is 0.713. The number of thiazole rings is 1. The SMILES string of the molecule is CCCO[C@H]1C[C@@H](C(=O)NCc2cscn2)CC[C@@H]1NS(C)(=O)=O. The Balaban J connectivity index is 1.92. The molecule has 24 heavy (non-hydrogen) atoms. The summed E-state index contributed by atoms with van der Waals surface area (Å²) in [6.07, 6.45) is 3.48. The summed E-state index contributed by atoms with van der Waals surface area (Å²) in [5.41, 5.74) is 2.58. The predicted molar refractivity (Wildman–Crippen MR) is 93.1 cm³/mol. The molecule has 0 aromatic carbocycles. The summed E-state index contributed by atoms with van der Waals surface area (Å²) in [5, 5.41) is 4.81. The van der Waals surface area contributed by atoms with E-state index in [0.29, 0.717) is 32.4 Å². The molecule has 1 aliphatic rings. The number of carbonyl (C=O) groups is 1. The highest BCUT2D eigenvalue weighted by molar-refractivity contribution is 7.88. The standard InChI is InChI=1S/C15H25N3O4S2/c1-3-6-22-14-7-11(4-5-13(14)18-24(2,20)21)15(19)16-8-12-9-23-10-17-12/h9-11,13-14,18H,3-8H2,1-2H3,(H,16,19)/t11-,13-,14-/m0/s1. The number of rotatable bonds is 8. The Kier molecular flexibility index (Phi) is 7.15. The van der Waals surface area contributed by atoms with Crippen molar-refractivity contribution in [2.75, 3.05) is 12.9 Å². The first-order valence-electron chi connectivity index (χ1n) is 8.12. The number of aromatic nitrogens is 1. The molecule has 7 nitrogen and oxygen atoms in total. The zero-order valence-corrected chi connectivity index (χ0v) is 15.7. The maximum absolute atomic E-state index is 12.4. The van der Waals surface area contributed by atoms with Gasteiger partial charge in [-0.2, -0.15) is 0 Å². The van der Waals surface area contributed by atoms with Crippen molar-refractivity contribution in [3.8, 4) is 0 Å². The Bertz CT molecular complexity index is 619. The molecule has 1 aliphatic carbocycles. The van der Waals surface area contributed by atoms with Gasteiger partial charge in [0.25, 0.3) is 0 Å². The average molecular weight is 376 g/mol. The first-order valence-corrected chi connectivity index (χ1v) is 11.0. The van der Waals surface area contributed by atoms with Gasteiger partial charge in [0.2, 0.25) is 15.9 Å². The summed E-state index contributed by atoms with van der Waals surface area (Å²) < 4.78 is 31.5. The van der Waals surface area contributed by atoms with Gasteiger partial charge in [-0.1, -0.05) is 6.92 Å². The van der Waals surface area contributed by atoms with Crippen molar-refractivity contribution >= 4 is 27.3 Å². The second-order valence-corrected chi connectivity index (χ2v) is 8.61. The lowest BCUT2D eigenvalue weighted by molar-refractivity contribution is -0.128. The predicted octanol–water partition coefficient (Wildman–Crippen LogP) is 1.27. The Morgan fingerprint density at radius 2 is 2.25 bits per heavy atom. The van der Waals surface area contributed by atoms with Crippen LogP contribution in [0.25, 0.3) is 0 Å². The van der Waals surface area contributed by atoms with Gasteiger partial charge in [-0.3, -0.25) is 4.79 Å². The molecule has 1 fully saturated rings. The zero-order valence-electron chi connectivity index (χ0n) is 14.0. The fourth-order valence-electron chi connectivity index (χ4n) is 2.88. The van der Waals surface area contributed by atoms with Crippen molar-refractivity contribution in [2.45, 2.75) is 51.3 Å². The third kappa shape index (κ3) is 6.12. The van der Waals surface area contributed by atoms with Crippen molar-refractivity contribution in [1.82, 2.24) is 15.0 Å². The molecule has 0 saturated heterocycles. The summed E-state index contributed by atoms with van der Waals surface area (Å²) in [6.45, 7) is 2.98. The second-order valence-electron chi connectivity index (χ2n) is 6.11. The van der Waals surface area contributed by atoms with Crippen LogP contribution in [0, 0.1) is 5.92 Å². The summed E-state index contributed by atoms with van der Waals surface area (Å²) in [7, 11) is -3.30. The van der Waals surface area contributed by atoms with E-state index in [4.69, 9.17) is 4.74 Å². The summed E-state index contributed by atoms with van der Waals surface area (Å²) in [6, 6.07) is -0.269. The molecule has 0 unspecified atom stereocenters. The monoisotopic (exact) mass is 375 g/mol. The van der Waals surface area contributed by atoms with E-state index in [1.54, 1.807) is 5.51 Å². The lowest BCUT2D eigenvalue weighted by Gasteiger charge is -2.35. The Morgan fingerprint density at radius 3 is 2.88 bits per heavy atom. The van der Waals surface area contributed by atoms with Crippen LogP contribution in [0.5, 0.6) is 0 Å². The minimum Gasteiger partial charge on any atom is -0.377 e. The van der Waals surface area contributed by atoms with Crippen molar-refractivity contribution in [3.63, 3.8) is 0 Å². The van der Waals surface area contributed by atoms with Crippen LogP contribution >= 0.6 is 11.3 Å². The fourth-order valence-corrected chi connectivity index (χ4v) is 4.26. The van der Waals surface area contributed by atoms with Crippen LogP contribution < -0.4 is 10.0 Å². The maximum atomic E-state index is 12.4. The van der Waals surface area contributed by atoms with Gasteiger partial charge >= 0.3 is 0 Å². The van der Waals surface area contributed by atoms with Crippen molar-refractivity contribution in [2.24, 2.45) is 5.92 Å². The van der Waals surface area contributed by atoms with Crippen molar-refractivity contribution in [1.29, 1.82) is 0 Å². The first-order chi connectivity index (χ1) is 11.4. The number of sulfonamides is 1. The van der Waals surface area contributed by atoms with Gasteiger partial charge in [0, 0.05) is 23.9 Å². The van der Waals surface area contributed by atoms with Gasteiger partial charge in [-0.05, 0) is 25.7 Å². The van der Waals surface area contributed by atoms with Crippen LogP contribution in [0.4, 0.5) is 0 Å². The zero-order chi connectivity index (χ0) is 17.6. The molecule has 1 aromatic rings. The van der Waals surface area contributed by atoms with Crippen LogP contribution in [0.3, 0.4) is 0 Å². The highest BCUT2D eigenvalue weighted by atomic mass is 32.2. The van der Waals surface area contributed by atoms with Crippen molar-refractivity contribution in [3.05, 3.63) is 16.6 Å². The van der Waals surface area contributed by atoms with Gasteiger partial charge < -0.3 is 10.1 Å². The van der Waals surface area contributed by atoms with Gasteiger partial charge in [0.15, 0.2) is 0 Å². The normalized spacial score (nSPS) is 24.7. The first kappa shape index (κ1) is 19.3. The Labute approximate surface area is 147 Å². The van der Waals surface area contributed by atoms with Crippen LogP contribution in [0.15, 0.2) is 10.9 Å². The molecule has 0 radical (unpaired) electrons. The van der Waals surface area contributed by atoms with Crippen molar-refractivity contribution < 1.29 is 17.9 Å². The third-order valence-corrected chi connectivity index (χ3v) is 5.36. The van der Waals surface area contributed by atoms with Crippen LogP contribution in [-0.4, -0.2) is 44.3 Å². The molecule has 1 amide bonds. The van der Waals surface area contributed by atoms with Crippen LogP contribution in [-0.2, 0) is 26.1 Å². The number of ether oxygens (including phenoxy) is 1. The van der Waals surface area contributed by atoms with Gasteiger partial charge in [-0.15, -0.1) is 11.3 Å². The van der Waals surface area contributed by atoms with Gasteiger partial charge in [0.05, 0.1) is 30.1 Å². The van der Waals surface area contributed by atoms with E-state index in [1.165, 1.54) is 11.3 Å². The van der Waals surface area contributed by atoms with Crippen LogP contribution in [0.1, 0.15) is 38.3 Å². The molecule has 2 N–H and O–H groups in total. The highest BCUT2D eigenvalue weighted by Crippen LogP contribution is 2.28. The van der Waals surface area contributed by atoms with E-state index in [1.807, 2.05) is 12.3 Å². The van der Waals surface area contributed by atoms with E-state index in [0.717, 1.165) is 18.4 Å². The Morgan fingerprint density at radius 1 is 1.46 bits per heavy atom. The molecule has 0 spiro atoms. The molecule has 1 aromatic heterocycles. The molecule has 3 atom stereocenters. The molecular weight excluding hydrogens is 350 g/mol. The molecule has 0 bridgehead atoms. The van der Waals surface area contributed by atoms with Gasteiger partial charge in [-0.25, -0.2) is 18.1 Å². The number of amides is 1. The molecule has 1 saturated carbocycles. The van der Waals surface area contributed by atoms with Gasteiger partial charge in [0.1, 0.15) is 0 Å². The maximum Gasteiger partial charge on any atom is 0.223 e. The fraction of sp³-hybridized carbons (Fsp3) is 0.733. The molecule has 1 heterocycles. The van der Waals surface area contributed by atoms with E-state index in [9.17, 15) is 13.2 Å². The third-order valence-electron chi connectivity index (χ3n) is 3.99. The molecular formula is C15H25N3O4S2. The smallest absolute Gasteiger partial charge is 0.223 e. The molecule has 2 rings (SSSR count). The summed E-state index contributed by atoms with van der Waals surface area (Å²) in [4.78, 5) is 16.5. The molecule has 0 aliphatic heterocycles. The van der Waals surface area contributed by atoms with E-state index < -0.39 is 10.0 Å². The molecule has 9 heteroatoms. The van der Waals surface area contributed by atoms with E-state index >= 15 is 0 Å². The summed E-state index contributed by atoms with van der Waals surface area (Å²) >= 11 is 1.49. The van der Waals surface area contributed by atoms with E-state index in [-0.39, 0.29) is 24.0 Å². The Hall–Kier alpha value is -1.03.